The van der Waals surface area contributed by atoms with Gasteiger partial charge in [0.15, 0.2) is 6.29 Å². The molecule has 0 aliphatic carbocycles. The van der Waals surface area contributed by atoms with Crippen LogP contribution in [0, 0.1) is 0 Å². The van der Waals surface area contributed by atoms with Crippen molar-refractivity contribution in [1.29, 1.82) is 0 Å². The molecular formula is C82H157NO8. The number of nitrogens with one attached hydrogen (secondary N) is 1. The van der Waals surface area contributed by atoms with Crippen molar-refractivity contribution in [2.24, 2.45) is 0 Å². The molecule has 0 spiro atoms. The zero-order valence-electron chi connectivity index (χ0n) is 60.6. The summed E-state index contributed by atoms with van der Waals surface area (Å²) in [4.78, 5) is 13.2. The van der Waals surface area contributed by atoms with Crippen molar-refractivity contribution in [3.05, 3.63) is 36.5 Å². The predicted octanol–water partition coefficient (Wildman–Crippen LogP) is 23.3. The van der Waals surface area contributed by atoms with E-state index in [9.17, 15) is 30.3 Å². The molecule has 538 valence electrons. The molecule has 7 unspecified atom stereocenters. The van der Waals surface area contributed by atoms with Gasteiger partial charge < -0.3 is 40.3 Å². The van der Waals surface area contributed by atoms with Gasteiger partial charge in [-0.05, 0) is 57.8 Å². The fourth-order valence-electron chi connectivity index (χ4n) is 13.4. The molecule has 0 radical (unpaired) electrons. The van der Waals surface area contributed by atoms with Gasteiger partial charge in [0.05, 0.1) is 25.4 Å². The van der Waals surface area contributed by atoms with Crippen LogP contribution in [0.15, 0.2) is 36.5 Å². The van der Waals surface area contributed by atoms with Crippen molar-refractivity contribution in [1.82, 2.24) is 5.32 Å². The first kappa shape index (κ1) is 87.4. The van der Waals surface area contributed by atoms with Gasteiger partial charge in [-0.25, -0.2) is 0 Å². The Hall–Kier alpha value is -1.59. The second kappa shape index (κ2) is 71.2. The maximum absolute atomic E-state index is 13.2. The van der Waals surface area contributed by atoms with Crippen LogP contribution >= 0.6 is 0 Å². The number of ether oxygens (including phenoxy) is 2. The number of carbonyl (C=O) groups excluding carboxylic acids is 1. The SMILES string of the molecule is CCCCCCCCCC/C=C\CCCCCCCCCCCCCCCCCCCCCCCCCCCCCC(=O)NC(COC1OC(CO)C(O)C(O)C1O)C(O)/C=C/CC/C=C/CCCCCCCCCCCCCCCCCCCCCCCCC. The van der Waals surface area contributed by atoms with Crippen molar-refractivity contribution in [3.63, 3.8) is 0 Å². The third-order valence-corrected chi connectivity index (χ3v) is 19.7. The number of hydrogen-bond donors (Lipinski definition) is 6. The molecule has 0 bridgehead atoms. The molecule has 91 heavy (non-hydrogen) atoms. The summed E-state index contributed by atoms with van der Waals surface area (Å²) in [6, 6.07) is -0.822. The van der Waals surface area contributed by atoms with Gasteiger partial charge in [0.25, 0.3) is 0 Å². The number of unbranched alkanes of at least 4 members (excludes halogenated alkanes) is 59. The minimum atomic E-state index is -1.57. The molecule has 1 amide bonds. The van der Waals surface area contributed by atoms with Crippen LogP contribution in [0.3, 0.4) is 0 Å². The molecule has 1 fully saturated rings. The van der Waals surface area contributed by atoms with Gasteiger partial charge in [0.2, 0.25) is 5.91 Å². The Kier molecular flexibility index (Phi) is 68.4. The topological polar surface area (TPSA) is 149 Å². The van der Waals surface area contributed by atoms with Gasteiger partial charge in [-0.2, -0.15) is 0 Å². The molecule has 9 heteroatoms. The highest BCUT2D eigenvalue weighted by Crippen LogP contribution is 2.24. The number of amides is 1. The molecule has 1 aliphatic rings. The van der Waals surface area contributed by atoms with Crippen LogP contribution in [0.1, 0.15) is 425 Å². The third-order valence-electron chi connectivity index (χ3n) is 19.7. The lowest BCUT2D eigenvalue weighted by Crippen LogP contribution is -2.60. The van der Waals surface area contributed by atoms with E-state index < -0.39 is 49.5 Å². The maximum atomic E-state index is 13.2. The Morgan fingerprint density at radius 2 is 0.626 bits per heavy atom. The zero-order chi connectivity index (χ0) is 65.7. The normalized spacial score (nSPS) is 17.8. The number of aliphatic hydroxyl groups is 5. The minimum Gasteiger partial charge on any atom is -0.394 e. The van der Waals surface area contributed by atoms with E-state index in [0.717, 1.165) is 38.5 Å². The van der Waals surface area contributed by atoms with Gasteiger partial charge in [0, 0.05) is 6.42 Å². The predicted molar refractivity (Wildman–Crippen MR) is 392 cm³/mol. The fraction of sp³-hybridized carbons (Fsp3) is 0.915. The summed E-state index contributed by atoms with van der Waals surface area (Å²) in [5.41, 5.74) is 0. The zero-order valence-corrected chi connectivity index (χ0v) is 60.6. The molecule has 7 atom stereocenters. The first-order chi connectivity index (χ1) is 44.8. The monoisotopic (exact) mass is 1280 g/mol. The second-order valence-electron chi connectivity index (χ2n) is 28.6. The highest BCUT2D eigenvalue weighted by Gasteiger charge is 2.44. The molecule has 1 rings (SSSR count). The van der Waals surface area contributed by atoms with Crippen LogP contribution in [0.25, 0.3) is 0 Å². The second-order valence-corrected chi connectivity index (χ2v) is 28.6. The van der Waals surface area contributed by atoms with E-state index in [1.165, 1.54) is 366 Å². The van der Waals surface area contributed by atoms with Crippen molar-refractivity contribution in [2.75, 3.05) is 13.2 Å². The van der Waals surface area contributed by atoms with Crippen LogP contribution in [-0.4, -0.2) is 87.5 Å². The standard InChI is InChI=1S/C82H157NO8/c1-3-5-7-9-11-13-15-17-19-21-23-25-27-29-31-33-34-35-36-37-38-39-40-41-42-44-46-48-50-52-54-56-58-60-62-64-66-68-70-72-78(86)83-75(74-90-82-81(89)80(88)79(87)77(73-84)91-82)76(85)71-69-67-65-63-61-59-57-55-53-51-49-47-45-43-32-30-28-26-24-22-20-18-16-14-12-10-8-6-4-2/h21,23,61,63,69,71,75-77,79-82,84-85,87-89H,3-20,22,24-60,62,64-68,70,72-74H2,1-2H3,(H,83,86)/b23-21-,63-61+,71-69+. The third kappa shape index (κ3) is 59.4. The molecule has 1 aliphatic heterocycles. The smallest absolute Gasteiger partial charge is 0.220 e. The highest BCUT2D eigenvalue weighted by molar-refractivity contribution is 5.76. The Morgan fingerprint density at radius 1 is 0.363 bits per heavy atom. The first-order valence-electron chi connectivity index (χ1n) is 40.7. The Morgan fingerprint density at radius 3 is 0.923 bits per heavy atom. The summed E-state index contributed by atoms with van der Waals surface area (Å²) in [5, 5.41) is 54.9. The fourth-order valence-corrected chi connectivity index (χ4v) is 13.4. The van der Waals surface area contributed by atoms with Crippen LogP contribution in [-0.2, 0) is 14.3 Å². The van der Waals surface area contributed by atoms with E-state index in [-0.39, 0.29) is 12.5 Å². The Balaban J connectivity index is 2.05. The number of rotatable bonds is 73. The molecule has 9 nitrogen and oxygen atoms in total. The van der Waals surface area contributed by atoms with Gasteiger partial charge in [-0.15, -0.1) is 0 Å². The molecule has 0 aromatic rings. The summed E-state index contributed by atoms with van der Waals surface area (Å²) in [5.74, 6) is -0.177. The first-order valence-corrected chi connectivity index (χ1v) is 40.7. The van der Waals surface area contributed by atoms with Crippen LogP contribution in [0.4, 0.5) is 0 Å². The van der Waals surface area contributed by atoms with E-state index in [0.29, 0.717) is 6.42 Å². The number of carbonyl (C=O) groups is 1. The largest absolute Gasteiger partial charge is 0.394 e. The number of aliphatic hydroxyl groups excluding tert-OH is 5. The van der Waals surface area contributed by atoms with Gasteiger partial charge in [0.1, 0.15) is 24.4 Å². The van der Waals surface area contributed by atoms with Gasteiger partial charge in [-0.3, -0.25) is 4.79 Å². The molecular weight excluding hydrogens is 1130 g/mol. The number of hydrogen-bond acceptors (Lipinski definition) is 8. The lowest BCUT2D eigenvalue weighted by atomic mass is 9.99. The molecule has 0 aromatic carbocycles. The van der Waals surface area contributed by atoms with Crippen molar-refractivity contribution >= 4 is 5.91 Å². The number of allylic oxidation sites excluding steroid dienone is 5. The van der Waals surface area contributed by atoms with Crippen LogP contribution in [0.2, 0.25) is 0 Å². The van der Waals surface area contributed by atoms with Crippen molar-refractivity contribution < 1.29 is 39.8 Å². The van der Waals surface area contributed by atoms with Gasteiger partial charge >= 0.3 is 0 Å². The van der Waals surface area contributed by atoms with Crippen molar-refractivity contribution in [2.45, 2.75) is 468 Å². The quantitative estimate of drug-likeness (QED) is 0.0261. The molecule has 0 saturated carbocycles. The van der Waals surface area contributed by atoms with Crippen LogP contribution in [0.5, 0.6) is 0 Å². The summed E-state index contributed by atoms with van der Waals surface area (Å²) in [6.07, 6.45) is 90.3. The molecule has 1 heterocycles. The highest BCUT2D eigenvalue weighted by atomic mass is 16.7. The van der Waals surface area contributed by atoms with E-state index in [4.69, 9.17) is 9.47 Å². The van der Waals surface area contributed by atoms with E-state index >= 15 is 0 Å². The minimum absolute atomic E-state index is 0.177. The van der Waals surface area contributed by atoms with E-state index in [2.05, 4.69) is 43.5 Å². The summed E-state index contributed by atoms with van der Waals surface area (Å²) < 4.78 is 11.3. The molecule has 1 saturated heterocycles. The van der Waals surface area contributed by atoms with E-state index in [1.54, 1.807) is 6.08 Å². The maximum Gasteiger partial charge on any atom is 0.220 e. The molecule has 6 N–H and O–H groups in total. The summed E-state index contributed by atoms with van der Waals surface area (Å²) in [7, 11) is 0. The average molecular weight is 1290 g/mol. The Labute approximate surface area is 565 Å². The van der Waals surface area contributed by atoms with E-state index in [1.807, 2.05) is 6.08 Å². The lowest BCUT2D eigenvalue weighted by Gasteiger charge is -2.40. The Bertz CT molecular complexity index is 1540. The van der Waals surface area contributed by atoms with Crippen molar-refractivity contribution in [3.8, 4) is 0 Å². The lowest BCUT2D eigenvalue weighted by molar-refractivity contribution is -0.302. The average Bonchev–Trinajstić information content (AvgIpc) is 1.33. The molecule has 0 aromatic heterocycles. The van der Waals surface area contributed by atoms with Gasteiger partial charge in [-0.1, -0.05) is 397 Å². The summed E-state index contributed by atoms with van der Waals surface area (Å²) >= 11 is 0. The van der Waals surface area contributed by atoms with Crippen LogP contribution < -0.4 is 5.32 Å². The summed E-state index contributed by atoms with van der Waals surface area (Å²) in [6.45, 7) is 3.83.